The third-order valence-electron chi connectivity index (χ3n) is 1.89. The molecular weight excluding hydrogens is 200 g/mol. The van der Waals surface area contributed by atoms with Gasteiger partial charge in [-0.15, -0.1) is 0 Å². The van der Waals surface area contributed by atoms with Crippen LogP contribution in [0.3, 0.4) is 0 Å². The molecule has 1 aromatic rings. The van der Waals surface area contributed by atoms with Crippen molar-refractivity contribution in [2.45, 2.75) is 13.3 Å². The molecule has 0 bridgehead atoms. The molecule has 2 nitrogen and oxygen atoms in total. The second-order valence-corrected chi connectivity index (χ2v) is 3.22. The zero-order chi connectivity index (χ0) is 10.6. The fraction of sp³-hybridized carbons (Fsp3) is 0.182. The molecule has 14 heavy (non-hydrogen) atoms. The molecule has 0 aliphatic carbocycles. The third kappa shape index (κ3) is 2.60. The van der Waals surface area contributed by atoms with Crippen molar-refractivity contribution in [3.05, 3.63) is 40.4 Å². The molecule has 0 aromatic heterocycles. The van der Waals surface area contributed by atoms with Crippen molar-refractivity contribution in [2.75, 3.05) is 0 Å². The third-order valence-corrected chi connectivity index (χ3v) is 2.36. The molecule has 0 amide bonds. The highest BCUT2D eigenvalue weighted by Gasteiger charge is 2.01. The maximum atomic E-state index is 10.3. The Morgan fingerprint density at radius 3 is 2.86 bits per heavy atom. The first kappa shape index (κ1) is 10.8. The molecule has 0 aliphatic rings. The molecule has 74 valence electrons. The topological polar surface area (TPSA) is 37.3 Å². The zero-order valence-electron chi connectivity index (χ0n) is 7.83. The van der Waals surface area contributed by atoms with Gasteiger partial charge in [-0.25, -0.2) is 4.79 Å². The van der Waals surface area contributed by atoms with Crippen molar-refractivity contribution in [1.29, 1.82) is 0 Å². The maximum absolute atomic E-state index is 10.3. The van der Waals surface area contributed by atoms with E-state index in [9.17, 15) is 4.79 Å². The smallest absolute Gasteiger partial charge is 0.328 e. The Morgan fingerprint density at radius 1 is 1.57 bits per heavy atom. The molecule has 0 heterocycles. The van der Waals surface area contributed by atoms with Crippen LogP contribution in [0.1, 0.15) is 18.1 Å². The molecule has 0 spiro atoms. The van der Waals surface area contributed by atoms with Crippen molar-refractivity contribution in [3.63, 3.8) is 0 Å². The highest BCUT2D eigenvalue weighted by atomic mass is 35.5. The summed E-state index contributed by atoms with van der Waals surface area (Å²) >= 11 is 6.05. The zero-order valence-corrected chi connectivity index (χ0v) is 8.58. The van der Waals surface area contributed by atoms with Gasteiger partial charge in [0.1, 0.15) is 0 Å². The first-order chi connectivity index (χ1) is 6.65. The Balaban J connectivity index is 3.03. The first-order valence-electron chi connectivity index (χ1n) is 4.33. The number of benzene rings is 1. The lowest BCUT2D eigenvalue weighted by atomic mass is 10.1. The maximum Gasteiger partial charge on any atom is 0.328 e. The summed E-state index contributed by atoms with van der Waals surface area (Å²) in [5.74, 6) is -0.969. The molecule has 0 saturated carbocycles. The van der Waals surface area contributed by atoms with Crippen LogP contribution in [0.25, 0.3) is 6.08 Å². The molecule has 0 unspecified atom stereocenters. The molecule has 0 atom stereocenters. The van der Waals surface area contributed by atoms with Crippen molar-refractivity contribution in [1.82, 2.24) is 0 Å². The molecule has 0 aliphatic heterocycles. The average Bonchev–Trinajstić information content (AvgIpc) is 2.16. The summed E-state index contributed by atoms with van der Waals surface area (Å²) in [6, 6.07) is 5.59. The van der Waals surface area contributed by atoms with Gasteiger partial charge in [-0.1, -0.05) is 36.7 Å². The van der Waals surface area contributed by atoms with Crippen molar-refractivity contribution < 1.29 is 9.90 Å². The fourth-order valence-corrected chi connectivity index (χ4v) is 1.49. The molecule has 0 radical (unpaired) electrons. The van der Waals surface area contributed by atoms with Gasteiger partial charge in [0.25, 0.3) is 0 Å². The van der Waals surface area contributed by atoms with E-state index in [1.807, 2.05) is 19.1 Å². The molecule has 3 heteroatoms. The van der Waals surface area contributed by atoms with Gasteiger partial charge in [0.15, 0.2) is 0 Å². The van der Waals surface area contributed by atoms with Crippen LogP contribution in [0, 0.1) is 0 Å². The standard InChI is InChI=1S/C11H11ClO2/c1-2-8-4-3-5-9(11(8)12)6-7-10(13)14/h3-7H,2H2,1H3,(H,13,14)/b7-6+. The van der Waals surface area contributed by atoms with Crippen LogP contribution >= 0.6 is 11.6 Å². The van der Waals surface area contributed by atoms with E-state index in [0.717, 1.165) is 23.6 Å². The van der Waals surface area contributed by atoms with E-state index in [0.29, 0.717) is 5.02 Å². The van der Waals surface area contributed by atoms with E-state index >= 15 is 0 Å². The number of halogens is 1. The van der Waals surface area contributed by atoms with E-state index in [1.54, 1.807) is 6.07 Å². The Kier molecular flexibility index (Phi) is 3.72. The Labute approximate surface area is 87.8 Å². The highest BCUT2D eigenvalue weighted by molar-refractivity contribution is 6.32. The number of aliphatic carboxylic acids is 1. The minimum Gasteiger partial charge on any atom is -0.478 e. The van der Waals surface area contributed by atoms with Crippen LogP contribution in [-0.4, -0.2) is 11.1 Å². The van der Waals surface area contributed by atoms with E-state index < -0.39 is 5.97 Å². The molecule has 1 aromatic carbocycles. The van der Waals surface area contributed by atoms with E-state index in [4.69, 9.17) is 16.7 Å². The Hall–Kier alpha value is -1.28. The molecule has 0 saturated heterocycles. The molecular formula is C11H11ClO2. The molecule has 0 fully saturated rings. The number of carboxylic acid groups (broad SMARTS) is 1. The quantitative estimate of drug-likeness (QED) is 0.779. The minimum absolute atomic E-state index is 0.632. The van der Waals surface area contributed by atoms with Crippen molar-refractivity contribution >= 4 is 23.6 Å². The van der Waals surface area contributed by atoms with Crippen LogP contribution in [0.15, 0.2) is 24.3 Å². The number of carboxylic acids is 1. The first-order valence-corrected chi connectivity index (χ1v) is 4.71. The summed E-state index contributed by atoms with van der Waals surface area (Å²) in [4.78, 5) is 10.3. The SMILES string of the molecule is CCc1cccc(/C=C/C(=O)O)c1Cl. The lowest BCUT2D eigenvalue weighted by molar-refractivity contribution is -0.131. The number of rotatable bonds is 3. The van der Waals surface area contributed by atoms with Gasteiger partial charge < -0.3 is 5.11 Å². The second-order valence-electron chi connectivity index (χ2n) is 2.85. The summed E-state index contributed by atoms with van der Waals surface area (Å²) in [5.41, 5.74) is 1.77. The lowest BCUT2D eigenvalue weighted by Crippen LogP contribution is -1.88. The fourth-order valence-electron chi connectivity index (χ4n) is 1.16. The number of carbonyl (C=O) groups is 1. The van der Waals surface area contributed by atoms with Gasteiger partial charge in [0, 0.05) is 6.08 Å². The average molecular weight is 211 g/mol. The normalized spacial score (nSPS) is 10.7. The van der Waals surface area contributed by atoms with Gasteiger partial charge >= 0.3 is 5.97 Å². The van der Waals surface area contributed by atoms with Crippen molar-refractivity contribution in [3.8, 4) is 0 Å². The van der Waals surface area contributed by atoms with Crippen LogP contribution in [-0.2, 0) is 11.2 Å². The Morgan fingerprint density at radius 2 is 2.29 bits per heavy atom. The summed E-state index contributed by atoms with van der Waals surface area (Å²) < 4.78 is 0. The van der Waals surface area contributed by atoms with Crippen LogP contribution in [0.2, 0.25) is 5.02 Å². The summed E-state index contributed by atoms with van der Waals surface area (Å²) in [6.45, 7) is 2.01. The van der Waals surface area contributed by atoms with Gasteiger partial charge in [-0.2, -0.15) is 0 Å². The van der Waals surface area contributed by atoms with E-state index in [-0.39, 0.29) is 0 Å². The summed E-state index contributed by atoms with van der Waals surface area (Å²) in [5, 5.41) is 9.09. The molecule has 1 rings (SSSR count). The lowest BCUT2D eigenvalue weighted by Gasteiger charge is -2.03. The van der Waals surface area contributed by atoms with Crippen LogP contribution in [0.5, 0.6) is 0 Å². The number of aryl methyl sites for hydroxylation is 1. The second kappa shape index (κ2) is 4.82. The predicted octanol–water partition coefficient (Wildman–Crippen LogP) is 3.00. The Bertz CT molecular complexity index is 370. The van der Waals surface area contributed by atoms with E-state index in [1.165, 1.54) is 6.08 Å². The number of hydrogen-bond acceptors (Lipinski definition) is 1. The summed E-state index contributed by atoms with van der Waals surface area (Å²) in [6.07, 6.45) is 3.43. The van der Waals surface area contributed by atoms with Gasteiger partial charge in [0.05, 0.1) is 5.02 Å². The molecule has 1 N–H and O–H groups in total. The summed E-state index contributed by atoms with van der Waals surface area (Å²) in [7, 11) is 0. The number of hydrogen-bond donors (Lipinski definition) is 1. The minimum atomic E-state index is -0.969. The van der Waals surface area contributed by atoms with Crippen LogP contribution in [0.4, 0.5) is 0 Å². The van der Waals surface area contributed by atoms with Crippen LogP contribution < -0.4 is 0 Å². The largest absolute Gasteiger partial charge is 0.478 e. The van der Waals surface area contributed by atoms with Gasteiger partial charge in [0.2, 0.25) is 0 Å². The van der Waals surface area contributed by atoms with Gasteiger partial charge in [-0.05, 0) is 23.6 Å². The van der Waals surface area contributed by atoms with E-state index in [2.05, 4.69) is 0 Å². The predicted molar refractivity (Wildman–Crippen MR) is 57.5 cm³/mol. The van der Waals surface area contributed by atoms with Gasteiger partial charge in [-0.3, -0.25) is 0 Å². The van der Waals surface area contributed by atoms with Crippen molar-refractivity contribution in [2.24, 2.45) is 0 Å². The monoisotopic (exact) mass is 210 g/mol. The highest BCUT2D eigenvalue weighted by Crippen LogP contribution is 2.22.